The minimum atomic E-state index is -5.37. The van der Waals surface area contributed by atoms with E-state index in [0.29, 0.717) is 29.6 Å². The predicted molar refractivity (Wildman–Crippen MR) is 287 cm³/mol. The average molecular weight is 1220 g/mol. The van der Waals surface area contributed by atoms with Gasteiger partial charge in [-0.2, -0.15) is 30.0 Å². The number of benzene rings is 4. The predicted octanol–water partition coefficient (Wildman–Crippen LogP) is 0.608. The molecule has 4 amide bonds. The highest BCUT2D eigenvalue weighted by molar-refractivity contribution is 8.00. The van der Waals surface area contributed by atoms with E-state index in [-0.39, 0.29) is 65.6 Å². The first-order chi connectivity index (χ1) is 37.7. The first-order valence-corrected chi connectivity index (χ1v) is 31.0. The molecule has 2 saturated heterocycles. The van der Waals surface area contributed by atoms with Gasteiger partial charge in [0.2, 0.25) is 27.7 Å². The Morgan fingerprint density at radius 2 is 1.43 bits per heavy atom. The summed E-state index contributed by atoms with van der Waals surface area (Å²) in [6, 6.07) is 21.4. The van der Waals surface area contributed by atoms with Crippen molar-refractivity contribution >= 4 is 98.9 Å². The number of nitrogen functional groups attached to an aromatic ring is 1. The molecule has 0 spiro atoms. The lowest BCUT2D eigenvalue weighted by molar-refractivity contribution is -0.200. The molecule has 0 bridgehead atoms. The number of amidine groups is 1. The van der Waals surface area contributed by atoms with E-state index in [1.807, 2.05) is 6.07 Å². The number of piperidine rings is 1. The van der Waals surface area contributed by atoms with E-state index < -0.39 is 115 Å². The second-order valence-electron chi connectivity index (χ2n) is 17.9. The third-order valence-electron chi connectivity index (χ3n) is 12.0. The summed E-state index contributed by atoms with van der Waals surface area (Å²) in [7, 11) is -20.1. The maximum Gasteiger partial charge on any atom is 0.397 e. The van der Waals surface area contributed by atoms with E-state index in [9.17, 15) is 57.4 Å². The molecular weight excluding hydrogens is 1160 g/mol. The van der Waals surface area contributed by atoms with Crippen LogP contribution in [-0.2, 0) is 88.8 Å². The number of ether oxygens (including phenoxy) is 3. The Bertz CT molecular complexity index is 3280. The summed E-state index contributed by atoms with van der Waals surface area (Å²) in [5, 5.41) is 17.2. The van der Waals surface area contributed by atoms with Crippen LogP contribution in [-0.4, -0.2) is 182 Å². The average Bonchev–Trinajstić information content (AvgIpc) is 3.39. The third kappa shape index (κ3) is 20.3. The summed E-state index contributed by atoms with van der Waals surface area (Å²) >= 11 is 0.945. The van der Waals surface area contributed by atoms with Crippen LogP contribution in [0.3, 0.4) is 0 Å². The summed E-state index contributed by atoms with van der Waals surface area (Å²) in [4.78, 5) is 56.0. The summed E-state index contributed by atoms with van der Waals surface area (Å²) in [6.07, 6.45) is -4.92. The highest BCUT2D eigenvalue weighted by Gasteiger charge is 2.47. The van der Waals surface area contributed by atoms with E-state index >= 15 is 0 Å². The molecule has 10 N–H and O–H groups in total. The fraction of sp³-hybridized carbons (Fsp3) is 0.426. The second kappa shape index (κ2) is 28.8. The zero-order chi connectivity index (χ0) is 58.3. The molecule has 2 aliphatic heterocycles. The number of likely N-dealkylation sites (tertiary alicyclic amines) is 1. The quantitative estimate of drug-likeness (QED) is 0.0156. The van der Waals surface area contributed by atoms with E-state index in [4.69, 9.17) is 34.5 Å². The van der Waals surface area contributed by atoms with Crippen molar-refractivity contribution in [2.45, 2.75) is 67.1 Å². The van der Waals surface area contributed by atoms with Crippen LogP contribution in [0.4, 0.5) is 5.69 Å². The molecule has 80 heavy (non-hydrogen) atoms. The minimum absolute atomic E-state index is 0.0452. The Balaban J connectivity index is 1.02. The van der Waals surface area contributed by atoms with Crippen molar-refractivity contribution in [2.75, 3.05) is 69.5 Å². The normalized spacial score (nSPS) is 18.9. The standard InChI is InChI=1S/C47H59N7O21S5/c48-44(49)32-10-8-30(9-11-32)24-37(47(58)54-19-4-1-5-20-54)52-46(57)38(53-77(59,60)36-17-14-31-6-2-3-7-34(31)25-36)28-76-29-41(55)51-35-15-12-33(13-16-35)45(56)50-18-21-70-22-23-71-42-39(27-73-78(61,62)63)72-26-40(74-79(64,65)66)43(42)75-80(67,68)69/h2-3,6-17,25,37-40,42-43,53H,1,4-5,18-24,26-29H2,(H3,48,49)(H,50,56)(H,51,55)(H,52,57)(H,61,62,63)(H,64,65,66)(H,67,68,69)/t37?,38-,39?,40?,42-,43+/m0/s1. The Morgan fingerprint density at radius 1 is 0.762 bits per heavy atom. The molecule has 2 fully saturated rings. The number of carbonyl (C=O) groups is 4. The molecule has 4 aromatic rings. The first-order valence-electron chi connectivity index (χ1n) is 24.3. The molecule has 6 atom stereocenters. The highest BCUT2D eigenvalue weighted by Crippen LogP contribution is 2.27. The van der Waals surface area contributed by atoms with Gasteiger partial charge in [-0.25, -0.2) is 21.0 Å². The monoisotopic (exact) mass is 1220 g/mol. The maximum absolute atomic E-state index is 14.3. The number of nitrogens with two attached hydrogens (primary N) is 1. The molecule has 438 valence electrons. The molecule has 2 aliphatic rings. The Morgan fingerprint density at radius 3 is 2.08 bits per heavy atom. The number of rotatable bonds is 29. The SMILES string of the molecule is N=C(N)c1ccc(CC(NC(=O)[C@H](CSCC(=O)Nc2ccc(C(=O)NCCOCCO[C@H]3C(COS(=O)(=O)O)OCC(OS(=O)(=O)O)[C@H]3OS(=O)(=O)O)cc2)NS(=O)(=O)c2ccc3ccccc3c2)C(=O)N2CCCCC2)cc1. The number of fused-ring (bicyclic) bond motifs is 1. The lowest BCUT2D eigenvalue weighted by Crippen LogP contribution is -2.58. The van der Waals surface area contributed by atoms with Crippen molar-refractivity contribution in [3.63, 3.8) is 0 Å². The molecule has 28 nitrogen and oxygen atoms in total. The molecule has 0 aliphatic carbocycles. The molecule has 0 saturated carbocycles. The minimum Gasteiger partial charge on any atom is -0.384 e. The van der Waals surface area contributed by atoms with Crippen LogP contribution in [0.1, 0.15) is 40.7 Å². The number of anilines is 1. The number of amides is 4. The second-order valence-corrected chi connectivity index (χ2v) is 23.9. The molecule has 3 unspecified atom stereocenters. The van der Waals surface area contributed by atoms with Crippen LogP contribution in [0.5, 0.6) is 0 Å². The van der Waals surface area contributed by atoms with Crippen LogP contribution in [0.2, 0.25) is 0 Å². The molecule has 0 aromatic heterocycles. The summed E-state index contributed by atoms with van der Waals surface area (Å²) in [5.74, 6) is -2.91. The van der Waals surface area contributed by atoms with Gasteiger partial charge in [0.25, 0.3) is 5.91 Å². The zero-order valence-electron chi connectivity index (χ0n) is 42.3. The van der Waals surface area contributed by atoms with E-state index in [1.54, 1.807) is 53.4 Å². The Labute approximate surface area is 465 Å². The van der Waals surface area contributed by atoms with Crippen LogP contribution < -0.4 is 26.4 Å². The van der Waals surface area contributed by atoms with Gasteiger partial charge in [-0.05, 0) is 72.0 Å². The highest BCUT2D eigenvalue weighted by atomic mass is 32.3. The van der Waals surface area contributed by atoms with E-state index in [0.717, 1.165) is 36.4 Å². The number of hydrogen-bond acceptors (Lipinski definition) is 20. The lowest BCUT2D eigenvalue weighted by Gasteiger charge is -2.40. The summed E-state index contributed by atoms with van der Waals surface area (Å²) in [5.41, 5.74) is 7.20. The number of nitrogens with one attached hydrogen (secondary N) is 5. The fourth-order valence-corrected chi connectivity index (χ4v) is 11.8. The van der Waals surface area contributed by atoms with E-state index in [2.05, 4.69) is 33.2 Å². The van der Waals surface area contributed by atoms with Crippen LogP contribution in [0.25, 0.3) is 10.8 Å². The first kappa shape index (κ1) is 63.4. The fourth-order valence-electron chi connectivity index (χ4n) is 8.30. The topological polar surface area (TPSA) is 422 Å². The van der Waals surface area contributed by atoms with Crippen LogP contribution >= 0.6 is 11.8 Å². The summed E-state index contributed by atoms with van der Waals surface area (Å²) in [6.45, 7) is -1.91. The van der Waals surface area contributed by atoms with E-state index in [1.165, 1.54) is 36.4 Å². The van der Waals surface area contributed by atoms with Gasteiger partial charge in [0.15, 0.2) is 0 Å². The van der Waals surface area contributed by atoms with Gasteiger partial charge in [-0.3, -0.25) is 38.2 Å². The largest absolute Gasteiger partial charge is 0.397 e. The smallest absolute Gasteiger partial charge is 0.384 e. The van der Waals surface area contributed by atoms with Gasteiger partial charge in [0.05, 0.1) is 43.7 Å². The van der Waals surface area contributed by atoms with Gasteiger partial charge in [0.1, 0.15) is 42.3 Å². The number of thioether (sulfide) groups is 1. The van der Waals surface area contributed by atoms with Gasteiger partial charge in [-0.15, -0.1) is 11.8 Å². The third-order valence-corrected chi connectivity index (χ3v) is 15.9. The van der Waals surface area contributed by atoms with Gasteiger partial charge in [-0.1, -0.05) is 54.6 Å². The molecule has 4 aromatic carbocycles. The molecule has 33 heteroatoms. The molecule has 6 rings (SSSR count). The van der Waals surface area contributed by atoms with Crippen LogP contribution in [0, 0.1) is 5.41 Å². The molecule has 2 heterocycles. The number of carbonyl (C=O) groups excluding carboxylic acids is 4. The molecule has 0 radical (unpaired) electrons. The van der Waals surface area contributed by atoms with Crippen molar-refractivity contribution in [3.8, 4) is 0 Å². The van der Waals surface area contributed by atoms with Gasteiger partial charge < -0.3 is 40.8 Å². The Kier molecular flexibility index (Phi) is 22.8. The summed E-state index contributed by atoms with van der Waals surface area (Å²) < 4.78 is 156. The number of hydrogen-bond donors (Lipinski definition) is 9. The lowest BCUT2D eigenvalue weighted by atomic mass is 10.0. The van der Waals surface area contributed by atoms with Crippen molar-refractivity contribution in [1.29, 1.82) is 5.41 Å². The van der Waals surface area contributed by atoms with Gasteiger partial charge in [0, 0.05) is 48.6 Å². The van der Waals surface area contributed by atoms with Crippen LogP contribution in [0.15, 0.2) is 95.9 Å². The van der Waals surface area contributed by atoms with Crippen molar-refractivity contribution in [1.82, 2.24) is 20.3 Å². The molecular formula is C47H59N7O21S5. The van der Waals surface area contributed by atoms with Crippen molar-refractivity contribution < 1.29 is 93.3 Å². The Hall–Kier alpha value is -5.76. The zero-order valence-corrected chi connectivity index (χ0v) is 46.4. The van der Waals surface area contributed by atoms with Crippen molar-refractivity contribution in [3.05, 3.63) is 108 Å². The maximum atomic E-state index is 14.3. The van der Waals surface area contributed by atoms with Crippen molar-refractivity contribution in [2.24, 2.45) is 5.73 Å². The number of nitrogens with zero attached hydrogens (tertiary/aromatic N) is 1. The van der Waals surface area contributed by atoms with Gasteiger partial charge >= 0.3 is 31.2 Å². The number of sulfonamides is 1.